The number of aromatic nitrogens is 2. The molecule has 3 N–H and O–H groups in total. The summed E-state index contributed by atoms with van der Waals surface area (Å²) in [6, 6.07) is 0.520. The smallest absolute Gasteiger partial charge is 0.329 e. The number of rotatable bonds is 6. The summed E-state index contributed by atoms with van der Waals surface area (Å²) in [5.41, 5.74) is 1.57. The van der Waals surface area contributed by atoms with Gasteiger partial charge in [0.25, 0.3) is 11.7 Å². The SMILES string of the molecule is CO[C@@H]1C[C@H](C[C@@H](C)[C@@H]2CC[C@H](C)/C=C(\C)[C@@H](O)[C@@H](OC)C(=O)[C@H](C)C[C@H](C)/C=C/C=C/C=C(\C)C(n3cccn3)C[C@@H]3CC[C@@H](C)[C@@](O)(O3)C(=O)C(=O)N3CCCC[C@H]3C(=O)O2)CC[C@H]1O. The van der Waals surface area contributed by atoms with E-state index in [-0.39, 0.29) is 54.1 Å². The van der Waals surface area contributed by atoms with Crippen LogP contribution in [0.1, 0.15) is 138 Å². The summed E-state index contributed by atoms with van der Waals surface area (Å²) in [4.78, 5) is 58.2. The molecule has 67 heavy (non-hydrogen) atoms. The number of carbonyl (C=O) groups excluding carboxylic acids is 4. The molecule has 14 heteroatoms. The number of carbonyl (C=O) groups is 4. The number of nitrogens with zero attached hydrogens (tertiary/aromatic N) is 3. The van der Waals surface area contributed by atoms with Gasteiger partial charge in [-0.15, -0.1) is 0 Å². The Morgan fingerprint density at radius 3 is 2.31 bits per heavy atom. The van der Waals surface area contributed by atoms with Gasteiger partial charge in [-0.3, -0.25) is 19.1 Å². The van der Waals surface area contributed by atoms with Crippen molar-refractivity contribution in [2.75, 3.05) is 20.8 Å². The second-order valence-corrected chi connectivity index (χ2v) is 20.5. The van der Waals surface area contributed by atoms with E-state index in [1.165, 1.54) is 12.0 Å². The van der Waals surface area contributed by atoms with E-state index in [1.807, 2.05) is 81.1 Å². The second-order valence-electron chi connectivity index (χ2n) is 20.5. The highest BCUT2D eigenvalue weighted by atomic mass is 16.6. The zero-order valence-corrected chi connectivity index (χ0v) is 41.6. The van der Waals surface area contributed by atoms with Gasteiger partial charge in [0.15, 0.2) is 5.78 Å². The van der Waals surface area contributed by atoms with Gasteiger partial charge in [0.05, 0.1) is 24.4 Å². The van der Waals surface area contributed by atoms with E-state index in [0.717, 1.165) is 18.4 Å². The molecule has 0 spiro atoms. The van der Waals surface area contributed by atoms with Crippen molar-refractivity contribution in [2.45, 2.75) is 186 Å². The number of aliphatic hydroxyl groups excluding tert-OH is 2. The standard InChI is InChI=1S/C53H81N3O11/c1-33-16-11-10-12-17-35(3)43(56-27-15-25-54-56)32-41-22-20-39(7)53(63,67-41)50(60)51(61)55-26-14-13-18-42(55)52(62)66-45(36(4)30-40-21-23-44(57)46(31-40)64-8)24-19-34(2)29-38(6)48(59)49(65-9)47(58)37(5)28-33/h10-12,15-17,25,27,29,33-34,36-37,39-46,48-49,57,59,63H,13-14,18-24,26,28,30-32H2,1-9H3/b12-10+,16-11+,35-17+,38-29+/t33-,34+,36-,37-,39-,40+,41+,42+,43?,44-,45+,46-,48-,49+,53-/m1/s1. The molecule has 4 heterocycles. The number of ketones is 2. The van der Waals surface area contributed by atoms with Crippen LogP contribution in [-0.2, 0) is 38.1 Å². The number of methoxy groups -OCH3 is 2. The number of allylic oxidation sites excluding steroid dienone is 7. The molecule has 1 saturated carbocycles. The maximum absolute atomic E-state index is 14.5. The Labute approximate surface area is 399 Å². The fourth-order valence-electron chi connectivity index (χ4n) is 10.8. The quantitative estimate of drug-likeness (QED) is 0.146. The topological polar surface area (TPSA) is 187 Å². The summed E-state index contributed by atoms with van der Waals surface area (Å²) in [6.45, 7) is 13.6. The first-order valence-electron chi connectivity index (χ1n) is 25.0. The fraction of sp³-hybridized carbons (Fsp3) is 0.717. The highest BCUT2D eigenvalue weighted by Gasteiger charge is 2.53. The zero-order valence-electron chi connectivity index (χ0n) is 41.6. The number of cyclic esters (lactones) is 1. The van der Waals surface area contributed by atoms with Crippen LogP contribution in [0.5, 0.6) is 0 Å². The maximum Gasteiger partial charge on any atom is 0.329 e. The van der Waals surface area contributed by atoms with Crippen molar-refractivity contribution in [3.05, 3.63) is 66.1 Å². The summed E-state index contributed by atoms with van der Waals surface area (Å²) >= 11 is 0. The molecule has 14 nitrogen and oxygen atoms in total. The first kappa shape index (κ1) is 54.2. The Kier molecular flexibility index (Phi) is 20.4. The third-order valence-electron chi connectivity index (χ3n) is 15.1. The largest absolute Gasteiger partial charge is 0.461 e. The lowest BCUT2D eigenvalue weighted by molar-refractivity contribution is -0.264. The Hall–Kier alpha value is -3.79. The van der Waals surface area contributed by atoms with Crippen LogP contribution >= 0.6 is 0 Å². The van der Waals surface area contributed by atoms with Gasteiger partial charge in [0.1, 0.15) is 24.4 Å². The highest BCUT2D eigenvalue weighted by molar-refractivity contribution is 6.39. The molecule has 1 aliphatic carbocycles. The number of hydrogen-bond acceptors (Lipinski definition) is 12. The lowest BCUT2D eigenvalue weighted by Crippen LogP contribution is -2.60. The van der Waals surface area contributed by atoms with E-state index >= 15 is 0 Å². The number of ether oxygens (including phenoxy) is 4. The molecule has 1 aromatic rings. The minimum atomic E-state index is -2.40. The number of aliphatic hydroxyl groups is 3. The predicted molar refractivity (Wildman–Crippen MR) is 255 cm³/mol. The van der Waals surface area contributed by atoms with Crippen LogP contribution in [0, 0.1) is 35.5 Å². The molecule has 3 fully saturated rings. The molecule has 4 aliphatic rings. The summed E-state index contributed by atoms with van der Waals surface area (Å²) < 4.78 is 25.8. The first-order valence-corrected chi connectivity index (χ1v) is 25.0. The number of piperidine rings is 1. The van der Waals surface area contributed by atoms with E-state index in [4.69, 9.17) is 18.9 Å². The summed E-state index contributed by atoms with van der Waals surface area (Å²) in [5, 5.41) is 38.6. The Morgan fingerprint density at radius 1 is 0.851 bits per heavy atom. The van der Waals surface area contributed by atoms with E-state index in [9.17, 15) is 34.5 Å². The molecule has 1 aromatic heterocycles. The molecule has 3 aliphatic heterocycles. The number of hydrogen-bond donors (Lipinski definition) is 3. The Bertz CT molecular complexity index is 1910. The van der Waals surface area contributed by atoms with Crippen molar-refractivity contribution >= 4 is 23.4 Å². The van der Waals surface area contributed by atoms with Crippen molar-refractivity contribution < 1.29 is 53.4 Å². The normalized spacial score (nSPS) is 39.5. The molecule has 1 amide bonds. The molecule has 2 bridgehead atoms. The van der Waals surface area contributed by atoms with Crippen LogP contribution in [0.25, 0.3) is 0 Å². The van der Waals surface area contributed by atoms with Gasteiger partial charge in [0, 0.05) is 45.0 Å². The van der Waals surface area contributed by atoms with Gasteiger partial charge in [-0.25, -0.2) is 4.79 Å². The number of fused-ring (bicyclic) bond motifs is 3. The van der Waals surface area contributed by atoms with Crippen molar-refractivity contribution in [3.8, 4) is 0 Å². The molecular formula is C53H81N3O11. The van der Waals surface area contributed by atoms with Gasteiger partial charge in [-0.2, -0.15) is 5.10 Å². The average Bonchev–Trinajstić information content (AvgIpc) is 3.85. The second kappa shape index (κ2) is 25.2. The molecule has 15 atom stereocenters. The van der Waals surface area contributed by atoms with Crippen LogP contribution in [0.4, 0.5) is 0 Å². The molecule has 2 saturated heterocycles. The van der Waals surface area contributed by atoms with Crippen molar-refractivity contribution in [1.82, 2.24) is 14.7 Å². The monoisotopic (exact) mass is 936 g/mol. The van der Waals surface area contributed by atoms with Crippen LogP contribution in [-0.4, -0.2) is 123 Å². The zero-order chi connectivity index (χ0) is 49.0. The van der Waals surface area contributed by atoms with Crippen molar-refractivity contribution in [2.24, 2.45) is 35.5 Å². The molecule has 5 rings (SSSR count). The molecule has 374 valence electrons. The van der Waals surface area contributed by atoms with Crippen LogP contribution in [0.2, 0.25) is 0 Å². The van der Waals surface area contributed by atoms with Gasteiger partial charge in [-0.05, 0) is 138 Å². The minimum absolute atomic E-state index is 0.0586. The Balaban J connectivity index is 1.47. The van der Waals surface area contributed by atoms with Crippen LogP contribution in [0.3, 0.4) is 0 Å². The average molecular weight is 936 g/mol. The van der Waals surface area contributed by atoms with Crippen molar-refractivity contribution in [3.63, 3.8) is 0 Å². The molecule has 0 aromatic carbocycles. The van der Waals surface area contributed by atoms with Gasteiger partial charge in [-0.1, -0.05) is 71.1 Å². The molecular weight excluding hydrogens is 855 g/mol. The van der Waals surface area contributed by atoms with Crippen LogP contribution in [0.15, 0.2) is 66.1 Å². The highest BCUT2D eigenvalue weighted by Crippen LogP contribution is 2.39. The Morgan fingerprint density at radius 2 is 1.61 bits per heavy atom. The van der Waals surface area contributed by atoms with Gasteiger partial charge < -0.3 is 39.2 Å². The summed E-state index contributed by atoms with van der Waals surface area (Å²) in [6.07, 6.45) is 18.6. The summed E-state index contributed by atoms with van der Waals surface area (Å²) in [5.74, 6) is -6.14. The molecule has 0 radical (unpaired) electrons. The fourth-order valence-corrected chi connectivity index (χ4v) is 10.8. The third kappa shape index (κ3) is 14.2. The number of amides is 1. The van der Waals surface area contributed by atoms with Crippen molar-refractivity contribution in [1.29, 1.82) is 0 Å². The number of esters is 1. The lowest BCUT2D eigenvalue weighted by Gasteiger charge is -2.43. The van der Waals surface area contributed by atoms with E-state index < -0.39 is 65.9 Å². The van der Waals surface area contributed by atoms with Gasteiger partial charge >= 0.3 is 5.97 Å². The maximum atomic E-state index is 14.5. The van der Waals surface area contributed by atoms with Gasteiger partial charge in [0.2, 0.25) is 5.79 Å². The van der Waals surface area contributed by atoms with E-state index in [2.05, 4.69) is 12.0 Å². The number of Topliss-reactive ketones (excluding diaryl/α,β-unsaturated/α-hetero) is 2. The van der Waals surface area contributed by atoms with E-state index in [0.29, 0.717) is 76.2 Å². The summed E-state index contributed by atoms with van der Waals surface area (Å²) in [7, 11) is 3.06. The van der Waals surface area contributed by atoms with Crippen LogP contribution < -0.4 is 0 Å². The molecule has 1 unspecified atom stereocenters. The minimum Gasteiger partial charge on any atom is -0.461 e. The van der Waals surface area contributed by atoms with E-state index in [1.54, 1.807) is 27.2 Å². The lowest BCUT2D eigenvalue weighted by atomic mass is 9.78. The third-order valence-corrected chi connectivity index (χ3v) is 15.1. The first-order chi connectivity index (χ1) is 31.9. The predicted octanol–water partition coefficient (Wildman–Crippen LogP) is 7.42.